The summed E-state index contributed by atoms with van der Waals surface area (Å²) in [7, 11) is 0. The Morgan fingerprint density at radius 1 is 1.05 bits per heavy atom. The zero-order valence-electron chi connectivity index (χ0n) is 12.6. The summed E-state index contributed by atoms with van der Waals surface area (Å²) in [5.41, 5.74) is 2.13. The molecule has 0 aliphatic rings. The number of carbonyl (C=O) groups is 1. The number of hydrogen-bond acceptors (Lipinski definition) is 2. The Bertz CT molecular complexity index is 554. The molecule has 0 radical (unpaired) electrons. The molecule has 2 aromatic rings. The number of benzene rings is 2. The van der Waals surface area contributed by atoms with Crippen LogP contribution in [0.1, 0.15) is 25.5 Å². The third kappa shape index (κ3) is 4.17. The second kappa shape index (κ2) is 7.60. The van der Waals surface area contributed by atoms with Crippen molar-refractivity contribution < 1.29 is 4.79 Å². The van der Waals surface area contributed by atoms with Crippen LogP contribution in [0, 0.1) is 0 Å². The molecule has 1 unspecified atom stereocenters. The quantitative estimate of drug-likeness (QED) is 0.881. The normalized spacial score (nSPS) is 11.9. The van der Waals surface area contributed by atoms with Gasteiger partial charge in [0.05, 0.1) is 6.54 Å². The molecule has 3 heteroatoms. The SMILES string of the molecule is CCN(C(=O)CNC(C)c1ccccc1)c1ccccc1. The molecule has 3 nitrogen and oxygen atoms in total. The van der Waals surface area contributed by atoms with Gasteiger partial charge in [-0.25, -0.2) is 0 Å². The molecule has 2 rings (SSSR count). The lowest BCUT2D eigenvalue weighted by molar-refractivity contribution is -0.117. The van der Waals surface area contributed by atoms with Crippen molar-refractivity contribution in [3.8, 4) is 0 Å². The zero-order valence-corrected chi connectivity index (χ0v) is 12.6. The minimum absolute atomic E-state index is 0.0893. The van der Waals surface area contributed by atoms with Gasteiger partial charge < -0.3 is 10.2 Å². The van der Waals surface area contributed by atoms with E-state index in [0.717, 1.165) is 5.69 Å². The minimum Gasteiger partial charge on any atom is -0.312 e. The average molecular weight is 282 g/mol. The van der Waals surface area contributed by atoms with Crippen LogP contribution in [0.4, 0.5) is 5.69 Å². The summed E-state index contributed by atoms with van der Waals surface area (Å²) in [5, 5.41) is 3.29. The van der Waals surface area contributed by atoms with Crippen molar-refractivity contribution in [2.75, 3.05) is 18.0 Å². The first kappa shape index (κ1) is 15.3. The molecule has 0 bridgehead atoms. The van der Waals surface area contributed by atoms with Crippen molar-refractivity contribution in [1.29, 1.82) is 0 Å². The predicted octanol–water partition coefficient (Wildman–Crippen LogP) is 3.39. The van der Waals surface area contributed by atoms with Crippen LogP contribution in [0.15, 0.2) is 60.7 Å². The Balaban J connectivity index is 1.94. The van der Waals surface area contributed by atoms with Crippen molar-refractivity contribution in [1.82, 2.24) is 5.32 Å². The van der Waals surface area contributed by atoms with Gasteiger partial charge in [0.2, 0.25) is 5.91 Å². The van der Waals surface area contributed by atoms with Crippen molar-refractivity contribution in [3.05, 3.63) is 66.2 Å². The molecule has 2 aromatic carbocycles. The number of anilines is 1. The summed E-state index contributed by atoms with van der Waals surface area (Å²) < 4.78 is 0. The number of carbonyl (C=O) groups excluding carboxylic acids is 1. The molecule has 0 saturated carbocycles. The molecule has 0 fully saturated rings. The van der Waals surface area contributed by atoms with Crippen LogP contribution in [-0.4, -0.2) is 19.0 Å². The van der Waals surface area contributed by atoms with Gasteiger partial charge >= 0.3 is 0 Å². The smallest absolute Gasteiger partial charge is 0.240 e. The summed E-state index contributed by atoms with van der Waals surface area (Å²) in [5.74, 6) is 0.0893. The van der Waals surface area contributed by atoms with Gasteiger partial charge in [-0.2, -0.15) is 0 Å². The van der Waals surface area contributed by atoms with Gasteiger partial charge in [0.15, 0.2) is 0 Å². The summed E-state index contributed by atoms with van der Waals surface area (Å²) in [6.07, 6.45) is 0. The van der Waals surface area contributed by atoms with Crippen molar-refractivity contribution in [2.24, 2.45) is 0 Å². The van der Waals surface area contributed by atoms with Gasteiger partial charge in [-0.15, -0.1) is 0 Å². The first-order valence-electron chi connectivity index (χ1n) is 7.36. The lowest BCUT2D eigenvalue weighted by atomic mass is 10.1. The molecule has 0 heterocycles. The number of nitrogens with zero attached hydrogens (tertiary/aromatic N) is 1. The second-order valence-corrected chi connectivity index (χ2v) is 4.99. The van der Waals surface area contributed by atoms with Crippen LogP contribution in [0.3, 0.4) is 0 Å². The number of rotatable bonds is 6. The van der Waals surface area contributed by atoms with Crippen LogP contribution < -0.4 is 10.2 Å². The molecule has 0 aromatic heterocycles. The highest BCUT2D eigenvalue weighted by molar-refractivity contribution is 5.94. The van der Waals surface area contributed by atoms with Crippen LogP contribution >= 0.6 is 0 Å². The highest BCUT2D eigenvalue weighted by Crippen LogP contribution is 2.14. The van der Waals surface area contributed by atoms with Gasteiger partial charge in [0, 0.05) is 18.3 Å². The van der Waals surface area contributed by atoms with E-state index >= 15 is 0 Å². The Morgan fingerprint density at radius 3 is 2.19 bits per heavy atom. The fourth-order valence-corrected chi connectivity index (χ4v) is 2.31. The van der Waals surface area contributed by atoms with Crippen molar-refractivity contribution in [3.63, 3.8) is 0 Å². The maximum atomic E-state index is 12.4. The molecule has 21 heavy (non-hydrogen) atoms. The maximum absolute atomic E-state index is 12.4. The van der Waals surface area contributed by atoms with Crippen LogP contribution in [0.25, 0.3) is 0 Å². The summed E-state index contributed by atoms with van der Waals surface area (Å²) in [6.45, 7) is 5.07. The maximum Gasteiger partial charge on any atom is 0.240 e. The van der Waals surface area contributed by atoms with E-state index < -0.39 is 0 Å². The van der Waals surface area contributed by atoms with E-state index in [1.54, 1.807) is 4.90 Å². The third-order valence-corrected chi connectivity index (χ3v) is 3.54. The highest BCUT2D eigenvalue weighted by atomic mass is 16.2. The Kier molecular flexibility index (Phi) is 5.52. The summed E-state index contributed by atoms with van der Waals surface area (Å²) >= 11 is 0. The van der Waals surface area contributed by atoms with E-state index in [1.165, 1.54) is 5.56 Å². The lowest BCUT2D eigenvalue weighted by Crippen LogP contribution is -2.38. The van der Waals surface area contributed by atoms with Crippen LogP contribution in [0.5, 0.6) is 0 Å². The highest BCUT2D eigenvalue weighted by Gasteiger charge is 2.14. The van der Waals surface area contributed by atoms with E-state index in [2.05, 4.69) is 24.4 Å². The molecule has 1 atom stereocenters. The van der Waals surface area contributed by atoms with E-state index in [9.17, 15) is 4.79 Å². The van der Waals surface area contributed by atoms with Crippen LogP contribution in [-0.2, 0) is 4.79 Å². The molecule has 0 aliphatic heterocycles. The Labute approximate surface area is 126 Å². The van der Waals surface area contributed by atoms with Gasteiger partial charge in [0.1, 0.15) is 0 Å². The van der Waals surface area contributed by atoms with Crippen molar-refractivity contribution in [2.45, 2.75) is 19.9 Å². The number of likely N-dealkylation sites (N-methyl/N-ethyl adjacent to an activating group) is 1. The fourth-order valence-electron chi connectivity index (χ4n) is 2.31. The number of para-hydroxylation sites is 1. The molecule has 0 saturated heterocycles. The van der Waals surface area contributed by atoms with Gasteiger partial charge in [-0.05, 0) is 31.5 Å². The molecular formula is C18H22N2O. The molecular weight excluding hydrogens is 260 g/mol. The van der Waals surface area contributed by atoms with E-state index in [1.807, 2.05) is 55.5 Å². The van der Waals surface area contributed by atoms with E-state index in [0.29, 0.717) is 13.1 Å². The minimum atomic E-state index is 0.0893. The lowest BCUT2D eigenvalue weighted by Gasteiger charge is -2.22. The molecule has 0 aliphatic carbocycles. The third-order valence-electron chi connectivity index (χ3n) is 3.54. The second-order valence-electron chi connectivity index (χ2n) is 4.99. The van der Waals surface area contributed by atoms with Crippen LogP contribution in [0.2, 0.25) is 0 Å². The zero-order chi connectivity index (χ0) is 15.1. The number of nitrogens with one attached hydrogen (secondary N) is 1. The van der Waals surface area contributed by atoms with Crippen molar-refractivity contribution >= 4 is 11.6 Å². The summed E-state index contributed by atoms with van der Waals surface area (Å²) in [4.78, 5) is 14.2. The standard InChI is InChI=1S/C18H22N2O/c1-3-20(17-12-8-5-9-13-17)18(21)14-19-15(2)16-10-6-4-7-11-16/h4-13,15,19H,3,14H2,1-2H3. The average Bonchev–Trinajstić information content (AvgIpc) is 2.55. The predicted molar refractivity (Wildman–Crippen MR) is 87.3 cm³/mol. The Morgan fingerprint density at radius 2 is 1.62 bits per heavy atom. The molecule has 0 spiro atoms. The molecule has 1 amide bonds. The van der Waals surface area contributed by atoms with E-state index in [4.69, 9.17) is 0 Å². The Hall–Kier alpha value is -2.13. The molecule has 1 N–H and O–H groups in total. The fraction of sp³-hybridized carbons (Fsp3) is 0.278. The van der Waals surface area contributed by atoms with Gasteiger partial charge in [0.25, 0.3) is 0 Å². The van der Waals surface area contributed by atoms with Gasteiger partial charge in [-0.1, -0.05) is 48.5 Å². The van der Waals surface area contributed by atoms with Gasteiger partial charge in [-0.3, -0.25) is 4.79 Å². The number of hydrogen-bond donors (Lipinski definition) is 1. The monoisotopic (exact) mass is 282 g/mol. The molecule has 110 valence electrons. The largest absolute Gasteiger partial charge is 0.312 e. The topological polar surface area (TPSA) is 32.3 Å². The first-order chi connectivity index (χ1) is 10.2. The summed E-state index contributed by atoms with van der Waals surface area (Å²) in [6, 6.07) is 20.1. The first-order valence-corrected chi connectivity index (χ1v) is 7.36. The number of amides is 1. The van der Waals surface area contributed by atoms with E-state index in [-0.39, 0.29) is 11.9 Å².